The van der Waals surface area contributed by atoms with Crippen LogP contribution >= 0.6 is 11.3 Å². The van der Waals surface area contributed by atoms with Crippen LogP contribution < -0.4 is 0 Å². The summed E-state index contributed by atoms with van der Waals surface area (Å²) in [6, 6.07) is 12.8. The molecule has 1 unspecified atom stereocenters. The van der Waals surface area contributed by atoms with Crippen molar-refractivity contribution in [2.24, 2.45) is 0 Å². The molecule has 1 aromatic heterocycles. The van der Waals surface area contributed by atoms with Gasteiger partial charge in [-0.05, 0) is 35.4 Å². The van der Waals surface area contributed by atoms with Crippen molar-refractivity contribution in [3.63, 3.8) is 0 Å². The SMILES string of the molecule is CC(=O)N1CCCN(C(=O)CN2CCc3sccc3C2c2ccccc2)CC1. The Hall–Kier alpha value is -2.18. The van der Waals surface area contributed by atoms with Gasteiger partial charge in [0.2, 0.25) is 11.8 Å². The van der Waals surface area contributed by atoms with Gasteiger partial charge in [-0.25, -0.2) is 0 Å². The lowest BCUT2D eigenvalue weighted by Crippen LogP contribution is -2.45. The summed E-state index contributed by atoms with van der Waals surface area (Å²) in [7, 11) is 0. The first-order chi connectivity index (χ1) is 13.6. The minimum atomic E-state index is 0.0967. The lowest BCUT2D eigenvalue weighted by atomic mass is 9.93. The Morgan fingerprint density at radius 2 is 1.75 bits per heavy atom. The molecule has 2 aromatic rings. The highest BCUT2D eigenvalue weighted by atomic mass is 32.1. The highest BCUT2D eigenvalue weighted by Crippen LogP contribution is 2.37. The third kappa shape index (κ3) is 3.98. The smallest absolute Gasteiger partial charge is 0.236 e. The van der Waals surface area contributed by atoms with Crippen molar-refractivity contribution in [1.82, 2.24) is 14.7 Å². The minimum Gasteiger partial charge on any atom is -0.341 e. The van der Waals surface area contributed by atoms with Gasteiger partial charge >= 0.3 is 0 Å². The molecule has 4 rings (SSSR count). The molecular formula is C22H27N3O2S. The quantitative estimate of drug-likeness (QED) is 0.800. The van der Waals surface area contributed by atoms with Crippen molar-refractivity contribution in [1.29, 1.82) is 0 Å². The zero-order valence-corrected chi connectivity index (χ0v) is 17.2. The highest BCUT2D eigenvalue weighted by molar-refractivity contribution is 7.10. The standard InChI is InChI=1S/C22H27N3O2S/c1-17(26)23-10-5-11-24(14-13-23)21(27)16-25-12-8-20-19(9-15-28-20)22(25)18-6-3-2-4-7-18/h2-4,6-7,9,15,22H,5,8,10-14,16H2,1H3. The zero-order chi connectivity index (χ0) is 19.5. The van der Waals surface area contributed by atoms with Gasteiger partial charge in [0.25, 0.3) is 0 Å². The first-order valence-electron chi connectivity index (χ1n) is 10.0. The monoisotopic (exact) mass is 397 g/mol. The van der Waals surface area contributed by atoms with E-state index in [0.717, 1.165) is 32.5 Å². The van der Waals surface area contributed by atoms with Crippen LogP contribution in [-0.4, -0.2) is 65.8 Å². The van der Waals surface area contributed by atoms with Crippen molar-refractivity contribution in [2.45, 2.75) is 25.8 Å². The van der Waals surface area contributed by atoms with E-state index in [1.807, 2.05) is 27.2 Å². The molecule has 1 aromatic carbocycles. The molecule has 0 bridgehead atoms. The van der Waals surface area contributed by atoms with Crippen LogP contribution in [0.2, 0.25) is 0 Å². The molecule has 0 N–H and O–H groups in total. The van der Waals surface area contributed by atoms with Gasteiger partial charge in [-0.15, -0.1) is 11.3 Å². The van der Waals surface area contributed by atoms with E-state index in [-0.39, 0.29) is 17.9 Å². The van der Waals surface area contributed by atoms with E-state index in [0.29, 0.717) is 19.6 Å². The molecule has 2 aliphatic heterocycles. The molecule has 0 aliphatic carbocycles. The van der Waals surface area contributed by atoms with E-state index in [2.05, 4.69) is 40.6 Å². The van der Waals surface area contributed by atoms with E-state index in [4.69, 9.17) is 0 Å². The van der Waals surface area contributed by atoms with Crippen LogP contribution in [0, 0.1) is 0 Å². The van der Waals surface area contributed by atoms with Crippen molar-refractivity contribution in [2.75, 3.05) is 39.3 Å². The average molecular weight is 398 g/mol. The molecule has 2 aliphatic rings. The number of rotatable bonds is 3. The topological polar surface area (TPSA) is 43.9 Å². The van der Waals surface area contributed by atoms with Gasteiger partial charge in [-0.2, -0.15) is 0 Å². The van der Waals surface area contributed by atoms with E-state index in [1.54, 1.807) is 6.92 Å². The van der Waals surface area contributed by atoms with Crippen LogP contribution in [-0.2, 0) is 16.0 Å². The van der Waals surface area contributed by atoms with E-state index in [1.165, 1.54) is 16.0 Å². The summed E-state index contributed by atoms with van der Waals surface area (Å²) in [5, 5.41) is 2.16. The predicted octanol–water partition coefficient (Wildman–Crippen LogP) is 2.78. The molecule has 0 saturated carbocycles. The summed E-state index contributed by atoms with van der Waals surface area (Å²) in [4.78, 5) is 32.3. The van der Waals surface area contributed by atoms with Gasteiger partial charge in [0, 0.05) is 44.5 Å². The van der Waals surface area contributed by atoms with Crippen molar-refractivity contribution >= 4 is 23.2 Å². The largest absolute Gasteiger partial charge is 0.341 e. The maximum absolute atomic E-state index is 13.1. The first kappa shape index (κ1) is 19.2. The van der Waals surface area contributed by atoms with Crippen LogP contribution in [0.1, 0.15) is 35.4 Å². The molecule has 5 nitrogen and oxygen atoms in total. The van der Waals surface area contributed by atoms with Gasteiger partial charge in [0.1, 0.15) is 0 Å². The second kappa shape index (κ2) is 8.45. The Labute approximate surface area is 170 Å². The average Bonchev–Trinajstić information content (AvgIpc) is 3.03. The number of amides is 2. The minimum absolute atomic E-state index is 0.0967. The molecule has 0 radical (unpaired) electrons. The Kier molecular flexibility index (Phi) is 5.78. The molecule has 148 valence electrons. The molecular weight excluding hydrogens is 370 g/mol. The summed E-state index contributed by atoms with van der Waals surface area (Å²) in [6.07, 6.45) is 1.85. The van der Waals surface area contributed by atoms with Gasteiger partial charge in [-0.3, -0.25) is 14.5 Å². The maximum Gasteiger partial charge on any atom is 0.236 e. The number of carbonyl (C=O) groups excluding carboxylic acids is 2. The Balaban J connectivity index is 1.50. The summed E-state index contributed by atoms with van der Waals surface area (Å²) >= 11 is 1.82. The Bertz CT molecular complexity index is 835. The summed E-state index contributed by atoms with van der Waals surface area (Å²) in [6.45, 7) is 5.67. The Morgan fingerprint density at radius 3 is 2.54 bits per heavy atom. The summed E-state index contributed by atoms with van der Waals surface area (Å²) < 4.78 is 0. The van der Waals surface area contributed by atoms with Crippen LogP contribution in [0.25, 0.3) is 0 Å². The van der Waals surface area contributed by atoms with Crippen molar-refractivity contribution < 1.29 is 9.59 Å². The van der Waals surface area contributed by atoms with Crippen LogP contribution in [0.5, 0.6) is 0 Å². The fourth-order valence-electron chi connectivity index (χ4n) is 4.32. The molecule has 1 fully saturated rings. The number of fused-ring (bicyclic) bond motifs is 1. The Morgan fingerprint density at radius 1 is 1.00 bits per heavy atom. The predicted molar refractivity (Wildman–Crippen MR) is 111 cm³/mol. The van der Waals surface area contributed by atoms with Gasteiger partial charge in [0.15, 0.2) is 0 Å². The van der Waals surface area contributed by atoms with Crippen LogP contribution in [0.3, 0.4) is 0 Å². The zero-order valence-electron chi connectivity index (χ0n) is 16.3. The second-order valence-corrected chi connectivity index (χ2v) is 8.57. The van der Waals surface area contributed by atoms with Gasteiger partial charge in [-0.1, -0.05) is 30.3 Å². The van der Waals surface area contributed by atoms with Crippen LogP contribution in [0.4, 0.5) is 0 Å². The molecule has 2 amide bonds. The first-order valence-corrected chi connectivity index (χ1v) is 10.9. The second-order valence-electron chi connectivity index (χ2n) is 7.57. The summed E-state index contributed by atoms with van der Waals surface area (Å²) in [5.74, 6) is 0.268. The number of benzene rings is 1. The lowest BCUT2D eigenvalue weighted by molar-refractivity contribution is -0.134. The molecule has 1 saturated heterocycles. The number of nitrogens with zero attached hydrogens (tertiary/aromatic N) is 3. The molecule has 1 atom stereocenters. The molecule has 6 heteroatoms. The van der Waals surface area contributed by atoms with Crippen molar-refractivity contribution in [3.8, 4) is 0 Å². The van der Waals surface area contributed by atoms with E-state index in [9.17, 15) is 9.59 Å². The lowest BCUT2D eigenvalue weighted by Gasteiger charge is -2.37. The normalized spacial score (nSPS) is 20.5. The number of hydrogen-bond acceptors (Lipinski definition) is 4. The number of hydrogen-bond donors (Lipinski definition) is 0. The molecule has 28 heavy (non-hydrogen) atoms. The van der Waals surface area contributed by atoms with Gasteiger partial charge in [0.05, 0.1) is 12.6 Å². The fraction of sp³-hybridized carbons (Fsp3) is 0.455. The third-order valence-corrected chi connectivity index (χ3v) is 6.81. The van der Waals surface area contributed by atoms with Gasteiger partial charge < -0.3 is 9.80 Å². The van der Waals surface area contributed by atoms with E-state index >= 15 is 0 Å². The van der Waals surface area contributed by atoms with E-state index < -0.39 is 0 Å². The number of thiophene rings is 1. The summed E-state index contributed by atoms with van der Waals surface area (Å²) in [5.41, 5.74) is 2.59. The highest BCUT2D eigenvalue weighted by Gasteiger charge is 2.32. The third-order valence-electron chi connectivity index (χ3n) is 5.81. The van der Waals surface area contributed by atoms with Crippen molar-refractivity contribution in [3.05, 3.63) is 57.8 Å². The van der Waals surface area contributed by atoms with Crippen LogP contribution in [0.15, 0.2) is 41.8 Å². The fourth-order valence-corrected chi connectivity index (χ4v) is 5.22. The number of carbonyl (C=O) groups is 2. The molecule has 0 spiro atoms. The maximum atomic E-state index is 13.1. The molecule has 3 heterocycles.